The monoisotopic (exact) mass is 433 g/mol. The topological polar surface area (TPSA) is 90.0 Å². The maximum atomic E-state index is 12.8. The molecule has 0 saturated heterocycles. The van der Waals surface area contributed by atoms with Crippen molar-refractivity contribution in [3.8, 4) is 11.6 Å². The number of hydrogen-bond acceptors (Lipinski definition) is 6. The number of alkyl halides is 2. The molecule has 0 fully saturated rings. The minimum atomic E-state index is -2.59. The van der Waals surface area contributed by atoms with Gasteiger partial charge >= 0.3 is 0 Å². The van der Waals surface area contributed by atoms with Crippen LogP contribution in [0.25, 0.3) is 11.2 Å². The van der Waals surface area contributed by atoms with Crippen molar-refractivity contribution >= 4 is 51.5 Å². The Morgan fingerprint density at radius 3 is 2.72 bits per heavy atom. The van der Waals surface area contributed by atoms with Gasteiger partial charge in [0.1, 0.15) is 5.75 Å². The molecule has 0 aromatic carbocycles. The summed E-state index contributed by atoms with van der Waals surface area (Å²) in [6.45, 7) is 2.97. The average molecular weight is 433 g/mol. The van der Waals surface area contributed by atoms with Gasteiger partial charge in [0.15, 0.2) is 17.4 Å². The zero-order valence-electron chi connectivity index (χ0n) is 16.7. The van der Waals surface area contributed by atoms with E-state index in [9.17, 15) is 13.0 Å². The molecule has 3 rings (SSSR count). The Balaban J connectivity index is 0.00000300. The molecule has 0 aliphatic carbocycles. The number of halogens is 2. The molecule has 11 heteroatoms. The number of pyridine rings is 2. The number of aryl methyl sites for hydroxylation is 1. The van der Waals surface area contributed by atoms with Gasteiger partial charge in [0, 0.05) is 46.9 Å². The van der Waals surface area contributed by atoms with Gasteiger partial charge < -0.3 is 14.5 Å². The molecular weight excluding hydrogens is 413 g/mol. The predicted molar refractivity (Wildman–Crippen MR) is 106 cm³/mol. The quantitative estimate of drug-likeness (QED) is 0.550. The van der Waals surface area contributed by atoms with Crippen molar-refractivity contribution in [2.75, 3.05) is 13.7 Å². The third-order valence-electron chi connectivity index (χ3n) is 4.18. The first-order valence-electron chi connectivity index (χ1n) is 8.60. The number of fused-ring (bicyclic) bond motifs is 1. The second-order valence-corrected chi connectivity index (χ2v) is 7.36. The summed E-state index contributed by atoms with van der Waals surface area (Å²) < 4.78 is 48.0. The minimum absolute atomic E-state index is 0. The molecule has 1 radical (unpaired) electrons. The van der Waals surface area contributed by atoms with Crippen LogP contribution >= 0.6 is 0 Å². The number of methoxy groups -OCH3 is 1. The van der Waals surface area contributed by atoms with E-state index in [0.29, 0.717) is 28.9 Å². The van der Waals surface area contributed by atoms with Crippen LogP contribution in [-0.4, -0.2) is 73.8 Å². The van der Waals surface area contributed by atoms with E-state index in [1.807, 2.05) is 13.8 Å². The normalized spacial score (nSPS) is 12.1. The molecule has 3 heterocycles. The average Bonchev–Trinajstić information content (AvgIpc) is 3.10. The van der Waals surface area contributed by atoms with Crippen LogP contribution in [0, 0.1) is 6.92 Å². The third kappa shape index (κ3) is 5.50. The van der Waals surface area contributed by atoms with Crippen LogP contribution in [0.15, 0.2) is 23.5 Å². The Labute approximate surface area is 191 Å². The number of nitrogens with one attached hydrogen (secondary N) is 1. The van der Waals surface area contributed by atoms with Crippen LogP contribution in [0.2, 0.25) is 0 Å². The molecule has 29 heavy (non-hydrogen) atoms. The summed E-state index contributed by atoms with van der Waals surface area (Å²) in [7, 11) is 0.0632. The van der Waals surface area contributed by atoms with E-state index in [0.717, 1.165) is 5.56 Å². The molecule has 0 bridgehead atoms. The summed E-state index contributed by atoms with van der Waals surface area (Å²) in [4.78, 5) is 15.7. The van der Waals surface area contributed by atoms with E-state index in [-0.39, 0.29) is 52.0 Å². The van der Waals surface area contributed by atoms with Crippen molar-refractivity contribution in [1.29, 1.82) is 0 Å². The van der Waals surface area contributed by atoms with Gasteiger partial charge in [0.2, 0.25) is 5.88 Å². The standard InChI is InChI=1S/C18H20F2N4O3S.Na/c1-4-11-7-12-16(23-17(11)27-8-15(19)20)24-18(22-12)28(25)9-13-10(2)14(26-3)5-6-21-13;/h5-7,15H,4,8-9H2,1-3H3,(H,22,23,24);. The van der Waals surface area contributed by atoms with Crippen molar-refractivity contribution in [2.24, 2.45) is 0 Å². The van der Waals surface area contributed by atoms with Gasteiger partial charge in [0.05, 0.1) is 34.9 Å². The van der Waals surface area contributed by atoms with Crippen molar-refractivity contribution in [3.63, 3.8) is 0 Å². The molecule has 3 aromatic heterocycles. The van der Waals surface area contributed by atoms with E-state index in [4.69, 9.17) is 9.47 Å². The van der Waals surface area contributed by atoms with E-state index < -0.39 is 23.8 Å². The molecule has 0 saturated carbocycles. The second-order valence-electron chi connectivity index (χ2n) is 6.00. The van der Waals surface area contributed by atoms with Crippen molar-refractivity contribution in [3.05, 3.63) is 35.2 Å². The SMILES string of the molecule is CCc1cc2[nH]c(S(=O)Cc3nccc(OC)c3C)nc2nc1OCC(F)F.[Na]. The van der Waals surface area contributed by atoms with Gasteiger partial charge in [-0.05, 0) is 25.5 Å². The fraction of sp³-hybridized carbons (Fsp3) is 0.389. The molecule has 1 N–H and O–H groups in total. The first-order valence-corrected chi connectivity index (χ1v) is 9.92. The predicted octanol–water partition coefficient (Wildman–Crippen LogP) is 2.80. The molecule has 0 spiro atoms. The maximum absolute atomic E-state index is 12.8. The molecular formula is C18H20F2N4NaO3S. The van der Waals surface area contributed by atoms with Crippen molar-refractivity contribution in [2.45, 2.75) is 37.6 Å². The maximum Gasteiger partial charge on any atom is 0.272 e. The Hall–Kier alpha value is -1.62. The zero-order chi connectivity index (χ0) is 20.3. The molecule has 0 aliphatic heterocycles. The van der Waals surface area contributed by atoms with E-state index >= 15 is 0 Å². The van der Waals surface area contributed by atoms with Gasteiger partial charge in [-0.25, -0.2) is 13.8 Å². The van der Waals surface area contributed by atoms with Gasteiger partial charge in [-0.1, -0.05) is 6.92 Å². The van der Waals surface area contributed by atoms with E-state index in [2.05, 4.69) is 19.9 Å². The molecule has 151 valence electrons. The second kappa shape index (κ2) is 10.4. The number of H-pyrrole nitrogens is 1. The first-order chi connectivity index (χ1) is 13.4. The van der Waals surface area contributed by atoms with E-state index in [1.54, 1.807) is 25.4 Å². The first kappa shape index (κ1) is 23.7. The smallest absolute Gasteiger partial charge is 0.272 e. The number of aromatic amines is 1. The number of imidazole rings is 1. The molecule has 1 atom stereocenters. The van der Waals surface area contributed by atoms with Crippen LogP contribution < -0.4 is 9.47 Å². The fourth-order valence-electron chi connectivity index (χ4n) is 2.69. The van der Waals surface area contributed by atoms with Crippen LogP contribution in [-0.2, 0) is 23.0 Å². The Morgan fingerprint density at radius 1 is 1.31 bits per heavy atom. The minimum Gasteiger partial charge on any atom is -0.496 e. The Bertz CT molecular complexity index is 1020. The number of aromatic nitrogens is 4. The third-order valence-corrected chi connectivity index (χ3v) is 5.34. The zero-order valence-corrected chi connectivity index (χ0v) is 19.5. The molecule has 0 amide bonds. The summed E-state index contributed by atoms with van der Waals surface area (Å²) in [6, 6.07) is 3.46. The van der Waals surface area contributed by atoms with Crippen molar-refractivity contribution < 1.29 is 22.5 Å². The summed E-state index contributed by atoms with van der Waals surface area (Å²) in [5.41, 5.74) is 2.95. The number of ether oxygens (including phenoxy) is 2. The summed E-state index contributed by atoms with van der Waals surface area (Å²) in [6.07, 6.45) is -0.451. The van der Waals surface area contributed by atoms with Gasteiger partial charge in [-0.15, -0.1) is 0 Å². The fourth-order valence-corrected chi connectivity index (χ4v) is 3.78. The van der Waals surface area contributed by atoms with Gasteiger partial charge in [-0.3, -0.25) is 9.19 Å². The number of nitrogens with zero attached hydrogens (tertiary/aromatic N) is 3. The van der Waals surface area contributed by atoms with Crippen LogP contribution in [0.4, 0.5) is 8.78 Å². The number of hydrogen-bond donors (Lipinski definition) is 1. The van der Waals surface area contributed by atoms with Crippen LogP contribution in [0.3, 0.4) is 0 Å². The van der Waals surface area contributed by atoms with Crippen molar-refractivity contribution in [1.82, 2.24) is 19.9 Å². The molecule has 7 nitrogen and oxygen atoms in total. The number of rotatable bonds is 8. The van der Waals surface area contributed by atoms with Crippen LogP contribution in [0.1, 0.15) is 23.7 Å². The summed E-state index contributed by atoms with van der Waals surface area (Å²) in [5, 5.41) is 0.236. The van der Waals surface area contributed by atoms with Gasteiger partial charge in [-0.2, -0.15) is 4.98 Å². The van der Waals surface area contributed by atoms with Gasteiger partial charge in [0.25, 0.3) is 6.43 Å². The van der Waals surface area contributed by atoms with Crippen LogP contribution in [0.5, 0.6) is 11.6 Å². The molecule has 3 aromatic rings. The summed E-state index contributed by atoms with van der Waals surface area (Å²) in [5.74, 6) is 0.934. The molecule has 0 aliphatic rings. The van der Waals surface area contributed by atoms with E-state index in [1.165, 1.54) is 0 Å². The summed E-state index contributed by atoms with van der Waals surface area (Å²) >= 11 is 0. The Kier molecular flexibility index (Phi) is 8.50. The largest absolute Gasteiger partial charge is 0.496 e. The molecule has 1 unspecified atom stereocenters. The Morgan fingerprint density at radius 2 is 2.07 bits per heavy atom.